The molecule has 1 fully saturated rings. The van der Waals surface area contributed by atoms with Crippen LogP contribution in [0.15, 0.2) is 6.07 Å². The van der Waals surface area contributed by atoms with Gasteiger partial charge in [-0.25, -0.2) is 9.97 Å². The molecule has 0 aromatic carbocycles. The molecular formula is C10H8ClF6N3. The first kappa shape index (κ1) is 15.1. The van der Waals surface area contributed by atoms with Crippen molar-refractivity contribution in [1.82, 2.24) is 9.97 Å². The first-order valence-electron chi connectivity index (χ1n) is 5.51. The van der Waals surface area contributed by atoms with Gasteiger partial charge in [-0.05, 0) is 12.8 Å². The third-order valence-electron chi connectivity index (χ3n) is 2.57. The normalized spacial score (nSPS) is 16.4. The SMILES string of the molecule is FC(F)(F)CN(c1cc(Cl)nc(C(F)(F)F)n1)C1CC1. The van der Waals surface area contributed by atoms with Gasteiger partial charge in [-0.3, -0.25) is 0 Å². The van der Waals surface area contributed by atoms with Gasteiger partial charge in [-0.2, -0.15) is 26.3 Å². The fourth-order valence-corrected chi connectivity index (χ4v) is 1.83. The Hall–Kier alpha value is -1.25. The summed E-state index contributed by atoms with van der Waals surface area (Å²) in [6.07, 6.45) is -8.47. The maximum atomic E-state index is 12.5. The summed E-state index contributed by atoms with van der Waals surface area (Å²) in [7, 11) is 0. The molecule has 0 aliphatic heterocycles. The summed E-state index contributed by atoms with van der Waals surface area (Å²) in [6.45, 7) is -1.37. The van der Waals surface area contributed by atoms with Crippen LogP contribution >= 0.6 is 11.6 Å². The van der Waals surface area contributed by atoms with E-state index in [0.717, 1.165) is 11.0 Å². The zero-order valence-corrected chi connectivity index (χ0v) is 10.5. The molecule has 10 heteroatoms. The van der Waals surface area contributed by atoms with E-state index >= 15 is 0 Å². The first-order chi connectivity index (χ1) is 9.06. The van der Waals surface area contributed by atoms with Gasteiger partial charge in [-0.1, -0.05) is 11.6 Å². The van der Waals surface area contributed by atoms with Gasteiger partial charge in [0, 0.05) is 12.1 Å². The molecule has 112 valence electrons. The van der Waals surface area contributed by atoms with Crippen molar-refractivity contribution < 1.29 is 26.3 Å². The van der Waals surface area contributed by atoms with Gasteiger partial charge in [-0.15, -0.1) is 0 Å². The van der Waals surface area contributed by atoms with Gasteiger partial charge in [0.05, 0.1) is 0 Å². The number of hydrogen-bond acceptors (Lipinski definition) is 3. The molecule has 1 aliphatic rings. The van der Waals surface area contributed by atoms with Crippen LogP contribution in [0.4, 0.5) is 32.2 Å². The Morgan fingerprint density at radius 1 is 1.15 bits per heavy atom. The number of alkyl halides is 6. The highest BCUT2D eigenvalue weighted by Gasteiger charge is 2.41. The van der Waals surface area contributed by atoms with Crippen molar-refractivity contribution in [3.05, 3.63) is 17.0 Å². The molecule has 1 saturated carbocycles. The number of nitrogens with zero attached hydrogens (tertiary/aromatic N) is 3. The molecule has 0 atom stereocenters. The Morgan fingerprint density at radius 3 is 2.20 bits per heavy atom. The van der Waals surface area contributed by atoms with Gasteiger partial charge in [0.2, 0.25) is 5.82 Å². The number of aromatic nitrogens is 2. The molecule has 1 aliphatic carbocycles. The Labute approximate surface area is 114 Å². The van der Waals surface area contributed by atoms with Gasteiger partial charge in [0.1, 0.15) is 17.5 Å². The highest BCUT2D eigenvalue weighted by Crippen LogP contribution is 2.36. The molecule has 1 heterocycles. The van der Waals surface area contributed by atoms with Crippen molar-refractivity contribution in [2.45, 2.75) is 31.2 Å². The third kappa shape index (κ3) is 3.87. The van der Waals surface area contributed by atoms with E-state index in [2.05, 4.69) is 9.97 Å². The van der Waals surface area contributed by atoms with Crippen LogP contribution in [0.3, 0.4) is 0 Å². The standard InChI is InChI=1S/C10H8ClF6N3/c11-6-3-7(19-8(18-6)10(15,16)17)20(5-1-2-5)4-9(12,13)14/h3,5H,1-2,4H2. The number of rotatable bonds is 3. The Kier molecular flexibility index (Phi) is 3.74. The maximum Gasteiger partial charge on any atom is 0.451 e. The minimum Gasteiger partial charge on any atom is -0.344 e. The van der Waals surface area contributed by atoms with E-state index in [1.54, 1.807) is 0 Å². The fraction of sp³-hybridized carbons (Fsp3) is 0.600. The van der Waals surface area contributed by atoms with Crippen LogP contribution < -0.4 is 4.90 Å². The first-order valence-corrected chi connectivity index (χ1v) is 5.89. The lowest BCUT2D eigenvalue weighted by atomic mass is 10.4. The summed E-state index contributed by atoms with van der Waals surface area (Å²) in [4.78, 5) is 6.92. The number of halogens is 7. The molecule has 0 saturated heterocycles. The molecule has 0 spiro atoms. The summed E-state index contributed by atoms with van der Waals surface area (Å²) in [5.41, 5.74) is 0. The molecule has 0 unspecified atom stereocenters. The minimum absolute atomic E-state index is 0.461. The molecule has 0 N–H and O–H groups in total. The molecular weight excluding hydrogens is 312 g/mol. The quantitative estimate of drug-likeness (QED) is 0.628. The Balaban J connectivity index is 2.36. The summed E-state index contributed by atoms with van der Waals surface area (Å²) in [5, 5.41) is -0.546. The van der Waals surface area contributed by atoms with Crippen molar-refractivity contribution in [2.24, 2.45) is 0 Å². The third-order valence-corrected chi connectivity index (χ3v) is 2.76. The van der Waals surface area contributed by atoms with Crippen LogP contribution in [0.2, 0.25) is 5.15 Å². The zero-order valence-electron chi connectivity index (χ0n) is 9.76. The molecule has 1 aromatic rings. The van der Waals surface area contributed by atoms with E-state index in [0.29, 0.717) is 12.8 Å². The van der Waals surface area contributed by atoms with Gasteiger partial charge in [0.25, 0.3) is 0 Å². The van der Waals surface area contributed by atoms with Gasteiger partial charge < -0.3 is 4.90 Å². The van der Waals surface area contributed by atoms with E-state index in [-0.39, 0.29) is 0 Å². The van der Waals surface area contributed by atoms with Crippen LogP contribution in [0, 0.1) is 0 Å². The van der Waals surface area contributed by atoms with Crippen LogP contribution in [-0.2, 0) is 6.18 Å². The molecule has 3 nitrogen and oxygen atoms in total. The molecule has 20 heavy (non-hydrogen) atoms. The van der Waals surface area contributed by atoms with Crippen molar-refractivity contribution in [2.75, 3.05) is 11.4 Å². The van der Waals surface area contributed by atoms with Crippen molar-refractivity contribution in [3.63, 3.8) is 0 Å². The van der Waals surface area contributed by atoms with Crippen molar-refractivity contribution in [1.29, 1.82) is 0 Å². The Bertz CT molecular complexity index is 497. The van der Waals surface area contributed by atoms with Crippen molar-refractivity contribution in [3.8, 4) is 0 Å². The molecule has 0 amide bonds. The van der Waals surface area contributed by atoms with Crippen LogP contribution in [-0.4, -0.2) is 28.7 Å². The van der Waals surface area contributed by atoms with Crippen LogP contribution in [0.1, 0.15) is 18.7 Å². The summed E-state index contributed by atoms with van der Waals surface area (Å²) in [5.74, 6) is -2.01. The second kappa shape index (κ2) is 4.94. The van der Waals surface area contributed by atoms with Gasteiger partial charge >= 0.3 is 12.4 Å². The predicted octanol–water partition coefficient (Wildman–Crippen LogP) is 3.68. The highest BCUT2D eigenvalue weighted by molar-refractivity contribution is 6.29. The summed E-state index contributed by atoms with van der Waals surface area (Å²) >= 11 is 5.44. The monoisotopic (exact) mass is 319 g/mol. The molecule has 0 bridgehead atoms. The molecule has 1 aromatic heterocycles. The summed E-state index contributed by atoms with van der Waals surface area (Å²) in [6, 6.07) is 0.435. The average molecular weight is 320 g/mol. The van der Waals surface area contributed by atoms with Crippen molar-refractivity contribution >= 4 is 17.4 Å². The lowest BCUT2D eigenvalue weighted by Gasteiger charge is -2.25. The average Bonchev–Trinajstić information content (AvgIpc) is 3.06. The largest absolute Gasteiger partial charge is 0.451 e. The van der Waals surface area contributed by atoms with E-state index in [1.807, 2.05) is 0 Å². The second-order valence-electron chi connectivity index (χ2n) is 4.34. The lowest BCUT2D eigenvalue weighted by Crippen LogP contribution is -2.37. The van der Waals surface area contributed by atoms with E-state index in [4.69, 9.17) is 11.6 Å². The molecule has 0 radical (unpaired) electrons. The second-order valence-corrected chi connectivity index (χ2v) is 4.73. The number of hydrogen-bond donors (Lipinski definition) is 0. The fourth-order valence-electron chi connectivity index (χ4n) is 1.66. The summed E-state index contributed by atoms with van der Waals surface area (Å²) < 4.78 is 75.0. The van der Waals surface area contributed by atoms with E-state index in [9.17, 15) is 26.3 Å². The smallest absolute Gasteiger partial charge is 0.344 e. The van der Waals surface area contributed by atoms with Gasteiger partial charge in [0.15, 0.2) is 0 Å². The van der Waals surface area contributed by atoms with E-state index in [1.165, 1.54) is 0 Å². The lowest BCUT2D eigenvalue weighted by molar-refractivity contribution is -0.144. The highest BCUT2D eigenvalue weighted by atomic mass is 35.5. The molecule has 2 rings (SSSR count). The van der Waals surface area contributed by atoms with E-state index < -0.39 is 41.7 Å². The van der Waals surface area contributed by atoms with Crippen LogP contribution in [0.25, 0.3) is 0 Å². The maximum absolute atomic E-state index is 12.5. The Morgan fingerprint density at radius 2 is 1.75 bits per heavy atom. The zero-order chi connectivity index (χ0) is 15.1. The van der Waals surface area contributed by atoms with Crippen LogP contribution in [0.5, 0.6) is 0 Å². The number of anilines is 1. The topological polar surface area (TPSA) is 29.0 Å². The minimum atomic E-state index is -4.87. The predicted molar refractivity (Wildman–Crippen MR) is 58.5 cm³/mol.